The van der Waals surface area contributed by atoms with E-state index in [1.54, 1.807) is 0 Å². The van der Waals surface area contributed by atoms with Crippen molar-refractivity contribution in [3.05, 3.63) is 35.4 Å². The van der Waals surface area contributed by atoms with Crippen LogP contribution in [0.25, 0.3) is 0 Å². The fourth-order valence-corrected chi connectivity index (χ4v) is 3.15. The van der Waals surface area contributed by atoms with Crippen molar-refractivity contribution in [1.82, 2.24) is 10.2 Å². The lowest BCUT2D eigenvalue weighted by molar-refractivity contribution is -0.134. The zero-order valence-corrected chi connectivity index (χ0v) is 13.4. The van der Waals surface area contributed by atoms with Gasteiger partial charge in [0.15, 0.2) is 0 Å². The Morgan fingerprint density at radius 2 is 2.00 bits per heavy atom. The molecule has 0 saturated carbocycles. The van der Waals surface area contributed by atoms with Gasteiger partial charge in [0.05, 0.1) is 0 Å². The molecule has 1 aliphatic rings. The molecule has 0 radical (unpaired) electrons. The minimum Gasteiger partial charge on any atom is -0.340 e. The summed E-state index contributed by atoms with van der Waals surface area (Å²) in [5, 5.41) is 3.38. The predicted molar refractivity (Wildman–Crippen MR) is 87.4 cm³/mol. The van der Waals surface area contributed by atoms with Gasteiger partial charge >= 0.3 is 0 Å². The normalized spacial score (nSPS) is 15.9. The van der Waals surface area contributed by atoms with Crippen LogP contribution in [-0.2, 0) is 11.2 Å². The Balaban J connectivity index is 1.93. The van der Waals surface area contributed by atoms with Crippen molar-refractivity contribution in [2.75, 3.05) is 19.6 Å². The van der Waals surface area contributed by atoms with Crippen LogP contribution < -0.4 is 5.32 Å². The third-order valence-electron chi connectivity index (χ3n) is 4.40. The molecule has 1 heterocycles. The molecule has 1 aromatic rings. The molecule has 2 rings (SSSR count). The highest BCUT2D eigenvalue weighted by Gasteiger charge is 2.24. The molecule has 116 valence electrons. The Morgan fingerprint density at radius 3 is 2.67 bits per heavy atom. The van der Waals surface area contributed by atoms with Crippen LogP contribution in [-0.4, -0.2) is 36.5 Å². The van der Waals surface area contributed by atoms with Gasteiger partial charge in [-0.3, -0.25) is 4.79 Å². The number of hydrogen-bond donors (Lipinski definition) is 1. The number of carbonyl (C=O) groups excluding carboxylic acids is 1. The zero-order valence-electron chi connectivity index (χ0n) is 13.4. The third-order valence-corrected chi connectivity index (χ3v) is 4.40. The van der Waals surface area contributed by atoms with Crippen LogP contribution >= 0.6 is 0 Å². The van der Waals surface area contributed by atoms with Crippen molar-refractivity contribution in [1.29, 1.82) is 0 Å². The molecule has 21 heavy (non-hydrogen) atoms. The van der Waals surface area contributed by atoms with Crippen LogP contribution in [0.2, 0.25) is 0 Å². The average Bonchev–Trinajstić information content (AvgIpc) is 2.52. The van der Waals surface area contributed by atoms with Gasteiger partial charge in [0.25, 0.3) is 0 Å². The first-order valence-corrected chi connectivity index (χ1v) is 8.27. The molecule has 0 bridgehead atoms. The maximum Gasteiger partial charge on any atom is 0.223 e. The van der Waals surface area contributed by atoms with Gasteiger partial charge in [-0.25, -0.2) is 0 Å². The van der Waals surface area contributed by atoms with E-state index in [2.05, 4.69) is 48.3 Å². The van der Waals surface area contributed by atoms with Gasteiger partial charge in [-0.05, 0) is 56.8 Å². The molecule has 0 aromatic heterocycles. The molecule has 1 fully saturated rings. The summed E-state index contributed by atoms with van der Waals surface area (Å²) in [6.07, 6.45) is 4.72. The zero-order chi connectivity index (χ0) is 15.1. The number of benzene rings is 1. The van der Waals surface area contributed by atoms with E-state index in [0.717, 1.165) is 45.3 Å². The van der Waals surface area contributed by atoms with Crippen LogP contribution in [0.5, 0.6) is 0 Å². The number of hydrogen-bond acceptors (Lipinski definition) is 2. The summed E-state index contributed by atoms with van der Waals surface area (Å²) in [5.74, 6) is 0.326. The van der Waals surface area contributed by atoms with Gasteiger partial charge in [0.2, 0.25) is 5.91 Å². The first kappa shape index (κ1) is 16.0. The molecule has 3 nitrogen and oxygen atoms in total. The summed E-state index contributed by atoms with van der Waals surface area (Å²) in [4.78, 5) is 14.8. The lowest BCUT2D eigenvalue weighted by Gasteiger charge is -2.34. The highest BCUT2D eigenvalue weighted by atomic mass is 16.2. The Labute approximate surface area is 128 Å². The third kappa shape index (κ3) is 4.57. The molecule has 1 amide bonds. The van der Waals surface area contributed by atoms with Crippen LogP contribution in [0.1, 0.15) is 43.7 Å². The van der Waals surface area contributed by atoms with Crippen LogP contribution in [0.15, 0.2) is 24.3 Å². The Kier molecular flexibility index (Phi) is 6.24. The van der Waals surface area contributed by atoms with Crippen LogP contribution in [0.3, 0.4) is 0 Å². The molecular weight excluding hydrogens is 260 g/mol. The molecule has 3 heteroatoms. The van der Waals surface area contributed by atoms with Gasteiger partial charge in [-0.1, -0.05) is 31.2 Å². The standard InChI is InChI=1S/C18H28N2O/c1-3-14-20(17-10-12-19-13-11-17)18(21)9-8-16-7-5-4-6-15(16)2/h4-7,17,19H,3,8-14H2,1-2H3. The molecule has 1 saturated heterocycles. The molecule has 1 N–H and O–H groups in total. The molecule has 0 unspecified atom stereocenters. The summed E-state index contributed by atoms with van der Waals surface area (Å²) >= 11 is 0. The smallest absolute Gasteiger partial charge is 0.223 e. The minimum atomic E-state index is 0.326. The maximum absolute atomic E-state index is 12.6. The summed E-state index contributed by atoms with van der Waals surface area (Å²) in [6.45, 7) is 7.25. The Morgan fingerprint density at radius 1 is 1.29 bits per heavy atom. The van der Waals surface area contributed by atoms with E-state index < -0.39 is 0 Å². The van der Waals surface area contributed by atoms with Crippen molar-refractivity contribution in [3.8, 4) is 0 Å². The lowest BCUT2D eigenvalue weighted by Crippen LogP contribution is -2.46. The topological polar surface area (TPSA) is 32.3 Å². The minimum absolute atomic E-state index is 0.326. The predicted octanol–water partition coefficient (Wildman–Crippen LogP) is 2.92. The number of piperidine rings is 1. The van der Waals surface area contributed by atoms with Crippen LogP contribution in [0.4, 0.5) is 0 Å². The number of nitrogens with one attached hydrogen (secondary N) is 1. The molecule has 0 aliphatic carbocycles. The number of amides is 1. The fourth-order valence-electron chi connectivity index (χ4n) is 3.15. The molecule has 0 atom stereocenters. The first-order chi connectivity index (χ1) is 10.2. The van der Waals surface area contributed by atoms with Gasteiger partial charge < -0.3 is 10.2 Å². The number of aryl methyl sites for hydroxylation is 2. The average molecular weight is 288 g/mol. The number of nitrogens with zero attached hydrogens (tertiary/aromatic N) is 1. The van der Waals surface area contributed by atoms with Crippen LogP contribution in [0, 0.1) is 6.92 Å². The highest BCUT2D eigenvalue weighted by molar-refractivity contribution is 5.76. The van der Waals surface area contributed by atoms with E-state index in [1.807, 2.05) is 0 Å². The van der Waals surface area contributed by atoms with Crippen molar-refractivity contribution in [3.63, 3.8) is 0 Å². The maximum atomic E-state index is 12.6. The fraction of sp³-hybridized carbons (Fsp3) is 0.611. The second-order valence-corrected chi connectivity index (χ2v) is 5.99. The van der Waals surface area contributed by atoms with Crippen molar-refractivity contribution in [2.45, 2.75) is 52.0 Å². The second-order valence-electron chi connectivity index (χ2n) is 5.99. The van der Waals surface area contributed by atoms with Gasteiger partial charge in [-0.2, -0.15) is 0 Å². The van der Waals surface area contributed by atoms with Crippen molar-refractivity contribution in [2.24, 2.45) is 0 Å². The Hall–Kier alpha value is -1.35. The van der Waals surface area contributed by atoms with Gasteiger partial charge in [0, 0.05) is 19.0 Å². The summed E-state index contributed by atoms with van der Waals surface area (Å²) < 4.78 is 0. The largest absolute Gasteiger partial charge is 0.340 e. The summed E-state index contributed by atoms with van der Waals surface area (Å²) in [7, 11) is 0. The number of carbonyl (C=O) groups is 1. The molecule has 1 aliphatic heterocycles. The van der Waals surface area contributed by atoms with Crippen molar-refractivity contribution >= 4 is 5.91 Å². The molecule has 1 aromatic carbocycles. The van der Waals surface area contributed by atoms with Gasteiger partial charge in [0.1, 0.15) is 0 Å². The van der Waals surface area contributed by atoms with Crippen molar-refractivity contribution < 1.29 is 4.79 Å². The lowest BCUT2D eigenvalue weighted by atomic mass is 10.0. The highest BCUT2D eigenvalue weighted by Crippen LogP contribution is 2.16. The van der Waals surface area contributed by atoms with E-state index in [0.29, 0.717) is 18.4 Å². The van der Waals surface area contributed by atoms with E-state index in [4.69, 9.17) is 0 Å². The van der Waals surface area contributed by atoms with E-state index >= 15 is 0 Å². The summed E-state index contributed by atoms with van der Waals surface area (Å²) in [6, 6.07) is 8.81. The second kappa shape index (κ2) is 8.18. The first-order valence-electron chi connectivity index (χ1n) is 8.27. The SMILES string of the molecule is CCCN(C(=O)CCc1ccccc1C)C1CCNCC1. The van der Waals surface area contributed by atoms with E-state index in [9.17, 15) is 4.79 Å². The monoisotopic (exact) mass is 288 g/mol. The Bertz CT molecular complexity index is 452. The quantitative estimate of drug-likeness (QED) is 0.873. The van der Waals surface area contributed by atoms with E-state index in [1.165, 1.54) is 11.1 Å². The number of rotatable bonds is 6. The summed E-state index contributed by atoms with van der Waals surface area (Å²) in [5.41, 5.74) is 2.59. The molecule has 0 spiro atoms. The molecular formula is C18H28N2O. The van der Waals surface area contributed by atoms with E-state index in [-0.39, 0.29) is 0 Å². The van der Waals surface area contributed by atoms with Gasteiger partial charge in [-0.15, -0.1) is 0 Å².